The first kappa shape index (κ1) is 22.4. The number of piperazine rings is 1. The number of amides is 1. The zero-order valence-electron chi connectivity index (χ0n) is 19.1. The van der Waals surface area contributed by atoms with E-state index in [0.29, 0.717) is 48.6 Å². The van der Waals surface area contributed by atoms with Gasteiger partial charge < -0.3 is 15.2 Å². The maximum Gasteiger partial charge on any atom is 0.270 e. The molecule has 2 N–H and O–H groups in total. The number of fused-ring (bicyclic) bond motifs is 1. The number of carbonyl (C=O) groups is 1. The number of carbonyl (C=O) groups excluding carboxylic acids is 1. The Morgan fingerprint density at radius 2 is 1.85 bits per heavy atom. The fraction of sp³-hybridized carbons (Fsp3) is 0.417. The van der Waals surface area contributed by atoms with E-state index in [2.05, 4.69) is 25.2 Å². The number of hydrogen-bond donors (Lipinski definition) is 2. The topological polar surface area (TPSA) is 94.2 Å². The van der Waals surface area contributed by atoms with Crippen LogP contribution in [0.1, 0.15) is 47.6 Å². The summed E-state index contributed by atoms with van der Waals surface area (Å²) >= 11 is 0. The van der Waals surface area contributed by atoms with Crippen LogP contribution in [-0.2, 0) is 0 Å². The van der Waals surface area contributed by atoms with Crippen molar-refractivity contribution < 1.29 is 13.6 Å². The predicted octanol–water partition coefficient (Wildman–Crippen LogP) is 2.68. The molecule has 1 amide bonds. The molecule has 2 aromatic heterocycles. The predicted molar refractivity (Wildman–Crippen MR) is 124 cm³/mol. The first-order valence-electron chi connectivity index (χ1n) is 11.5. The molecular formula is C24H26F2N6O2. The molecule has 3 aromatic rings. The van der Waals surface area contributed by atoms with Gasteiger partial charge in [-0.25, -0.2) is 14.4 Å². The highest BCUT2D eigenvalue weighted by atomic mass is 19.1. The molecule has 3 heterocycles. The minimum atomic E-state index is -0.669. The van der Waals surface area contributed by atoms with Gasteiger partial charge in [0.05, 0.1) is 11.2 Å². The molecule has 1 aromatic carbocycles. The summed E-state index contributed by atoms with van der Waals surface area (Å²) in [5.74, 6) is -1.50. The number of hydrogen-bond acceptors (Lipinski definition) is 6. The van der Waals surface area contributed by atoms with Crippen LogP contribution in [0.15, 0.2) is 29.1 Å². The molecule has 1 aliphatic carbocycles. The van der Waals surface area contributed by atoms with Crippen molar-refractivity contribution in [1.29, 1.82) is 0 Å². The normalized spacial score (nSPS) is 17.7. The number of rotatable bonds is 5. The molecule has 5 rings (SSSR count). The lowest BCUT2D eigenvalue weighted by molar-refractivity contribution is 0.0945. The second-order valence-corrected chi connectivity index (χ2v) is 8.97. The molecule has 0 radical (unpaired) electrons. The number of H-pyrrole nitrogens is 1. The van der Waals surface area contributed by atoms with Crippen LogP contribution in [0.25, 0.3) is 11.0 Å². The number of aromatic nitrogens is 3. The molecule has 1 atom stereocenters. The third-order valence-corrected chi connectivity index (χ3v) is 6.63. The molecule has 1 aliphatic heterocycles. The summed E-state index contributed by atoms with van der Waals surface area (Å²) in [7, 11) is 0. The zero-order valence-corrected chi connectivity index (χ0v) is 19.1. The van der Waals surface area contributed by atoms with Gasteiger partial charge >= 0.3 is 0 Å². The Labute approximate surface area is 195 Å². The highest BCUT2D eigenvalue weighted by Crippen LogP contribution is 2.29. The third kappa shape index (κ3) is 4.25. The minimum Gasteiger partial charge on any atom is -0.365 e. The van der Waals surface area contributed by atoms with Gasteiger partial charge in [0, 0.05) is 43.8 Å². The molecule has 34 heavy (non-hydrogen) atoms. The summed E-state index contributed by atoms with van der Waals surface area (Å²) in [6.45, 7) is 5.73. The maximum absolute atomic E-state index is 15.2. The van der Waals surface area contributed by atoms with Crippen LogP contribution in [-0.4, -0.2) is 58.0 Å². The second-order valence-electron chi connectivity index (χ2n) is 8.97. The van der Waals surface area contributed by atoms with Crippen molar-refractivity contribution in [2.75, 3.05) is 31.1 Å². The number of nitrogens with one attached hydrogen (secondary N) is 2. The average Bonchev–Trinajstić information content (AvgIpc) is 3.64. The first-order chi connectivity index (χ1) is 16.3. The van der Waals surface area contributed by atoms with Crippen molar-refractivity contribution in [3.05, 3.63) is 63.3 Å². The Morgan fingerprint density at radius 1 is 1.12 bits per heavy atom. The van der Waals surface area contributed by atoms with Gasteiger partial charge in [-0.05, 0) is 44.9 Å². The van der Waals surface area contributed by atoms with Gasteiger partial charge in [0.1, 0.15) is 16.9 Å². The highest BCUT2D eigenvalue weighted by molar-refractivity contribution is 5.92. The molecule has 8 nitrogen and oxygen atoms in total. The summed E-state index contributed by atoms with van der Waals surface area (Å²) in [6, 6.07) is 6.50. The van der Waals surface area contributed by atoms with Crippen LogP contribution in [0.5, 0.6) is 0 Å². The fourth-order valence-corrected chi connectivity index (χ4v) is 4.38. The van der Waals surface area contributed by atoms with E-state index < -0.39 is 17.3 Å². The summed E-state index contributed by atoms with van der Waals surface area (Å²) in [6.07, 6.45) is 1.90. The molecule has 0 spiro atoms. The smallest absolute Gasteiger partial charge is 0.270 e. The van der Waals surface area contributed by atoms with E-state index in [1.807, 2.05) is 11.8 Å². The minimum absolute atomic E-state index is 0.0786. The van der Waals surface area contributed by atoms with Crippen molar-refractivity contribution in [2.45, 2.75) is 38.8 Å². The van der Waals surface area contributed by atoms with Crippen LogP contribution in [0, 0.1) is 18.7 Å². The van der Waals surface area contributed by atoms with Crippen molar-refractivity contribution >= 4 is 22.6 Å². The van der Waals surface area contributed by atoms with Gasteiger partial charge in [-0.1, -0.05) is 6.07 Å². The molecule has 1 saturated heterocycles. The number of benzene rings is 1. The van der Waals surface area contributed by atoms with E-state index in [0.717, 1.165) is 12.8 Å². The van der Waals surface area contributed by atoms with Crippen LogP contribution < -0.4 is 15.8 Å². The summed E-state index contributed by atoms with van der Waals surface area (Å²) in [5, 5.41) is 2.81. The maximum atomic E-state index is 15.2. The number of anilines is 1. The van der Waals surface area contributed by atoms with Crippen molar-refractivity contribution in [3.8, 4) is 0 Å². The Kier molecular flexibility index (Phi) is 5.76. The lowest BCUT2D eigenvalue weighted by Gasteiger charge is -2.39. The molecule has 0 unspecified atom stereocenters. The summed E-state index contributed by atoms with van der Waals surface area (Å²) < 4.78 is 29.9. The monoisotopic (exact) mass is 468 g/mol. The van der Waals surface area contributed by atoms with Crippen molar-refractivity contribution in [1.82, 2.24) is 25.2 Å². The summed E-state index contributed by atoms with van der Waals surface area (Å²) in [4.78, 5) is 38.7. The number of aromatic amines is 1. The van der Waals surface area contributed by atoms with E-state index in [4.69, 9.17) is 0 Å². The van der Waals surface area contributed by atoms with Gasteiger partial charge in [0.15, 0.2) is 5.82 Å². The fourth-order valence-electron chi connectivity index (χ4n) is 4.38. The first-order valence-corrected chi connectivity index (χ1v) is 11.5. The lowest BCUT2D eigenvalue weighted by Crippen LogP contribution is -2.47. The molecular weight excluding hydrogens is 442 g/mol. The van der Waals surface area contributed by atoms with Gasteiger partial charge in [0.25, 0.3) is 11.5 Å². The quantitative estimate of drug-likeness (QED) is 0.560. The van der Waals surface area contributed by atoms with E-state index in [1.165, 1.54) is 0 Å². The van der Waals surface area contributed by atoms with E-state index in [1.54, 1.807) is 31.2 Å². The van der Waals surface area contributed by atoms with Crippen LogP contribution >= 0.6 is 0 Å². The Bertz CT molecular complexity index is 1310. The van der Waals surface area contributed by atoms with Crippen LogP contribution in [0.2, 0.25) is 0 Å². The van der Waals surface area contributed by atoms with Gasteiger partial charge in [-0.2, -0.15) is 4.39 Å². The number of nitrogens with zero attached hydrogens (tertiary/aromatic N) is 4. The summed E-state index contributed by atoms with van der Waals surface area (Å²) in [5.41, 5.74) is 1.31. The standard InChI is InChI=1S/C24H26F2N6O2/c1-13-23(33)30-21-17(27-13)6-5-16(20(21)25)14(2)31-9-11-32(12-10-31)19-8-7-18(29-22(19)26)24(34)28-15-3-4-15/h5-8,14-15H,3-4,9-12H2,1-2H3,(H,28,34)(H,30,33)/t14-/m1/s1. The molecule has 2 aliphatic rings. The van der Waals surface area contributed by atoms with Crippen LogP contribution in [0.3, 0.4) is 0 Å². The second kappa shape index (κ2) is 8.75. The SMILES string of the molecule is Cc1nc2ccc([C@@H](C)N3CCN(c4ccc(C(=O)NC5CC5)nc4F)CC3)c(F)c2[nH]c1=O. The number of aryl methyl sites for hydroxylation is 1. The lowest BCUT2D eigenvalue weighted by atomic mass is 10.0. The van der Waals surface area contributed by atoms with E-state index >= 15 is 4.39 Å². The van der Waals surface area contributed by atoms with E-state index in [9.17, 15) is 14.0 Å². The van der Waals surface area contributed by atoms with Crippen molar-refractivity contribution in [2.24, 2.45) is 0 Å². The highest BCUT2D eigenvalue weighted by Gasteiger charge is 2.28. The van der Waals surface area contributed by atoms with Gasteiger partial charge in [0.2, 0.25) is 5.95 Å². The zero-order chi connectivity index (χ0) is 24.0. The molecule has 1 saturated carbocycles. The van der Waals surface area contributed by atoms with Crippen molar-refractivity contribution in [3.63, 3.8) is 0 Å². The number of pyridine rings is 1. The molecule has 10 heteroatoms. The number of halogens is 2. The Hall–Kier alpha value is -3.40. The van der Waals surface area contributed by atoms with Crippen LogP contribution in [0.4, 0.5) is 14.5 Å². The Balaban J connectivity index is 1.28. The largest absolute Gasteiger partial charge is 0.365 e. The molecule has 2 fully saturated rings. The molecule has 0 bridgehead atoms. The third-order valence-electron chi connectivity index (χ3n) is 6.63. The van der Waals surface area contributed by atoms with Gasteiger partial charge in [-0.3, -0.25) is 14.5 Å². The van der Waals surface area contributed by atoms with Gasteiger partial charge in [-0.15, -0.1) is 0 Å². The molecule has 178 valence electrons. The van der Waals surface area contributed by atoms with E-state index in [-0.39, 0.29) is 29.2 Å². The Morgan fingerprint density at radius 3 is 2.53 bits per heavy atom. The average molecular weight is 469 g/mol.